The zero-order chi connectivity index (χ0) is 26.8. The summed E-state index contributed by atoms with van der Waals surface area (Å²) >= 11 is 0. The number of aliphatic hydroxyl groups is 1. The molecule has 202 valence electrons. The van der Waals surface area contributed by atoms with Gasteiger partial charge in [-0.05, 0) is 13.3 Å². The minimum absolute atomic E-state index is 0.0378. The van der Waals surface area contributed by atoms with Crippen molar-refractivity contribution in [2.24, 2.45) is 0 Å². The van der Waals surface area contributed by atoms with Crippen molar-refractivity contribution in [2.75, 3.05) is 6.61 Å². The normalized spacial score (nSPS) is 14.8. The number of ketones is 1. The molecule has 10 nitrogen and oxygen atoms in total. The second-order valence-electron chi connectivity index (χ2n) is 8.87. The van der Waals surface area contributed by atoms with Crippen LogP contribution in [0.3, 0.4) is 0 Å². The zero-order valence-electron chi connectivity index (χ0n) is 21.6. The molecule has 0 aromatic heterocycles. The molecule has 10 heteroatoms. The topological polar surface area (TPSA) is 153 Å². The van der Waals surface area contributed by atoms with E-state index in [0.717, 1.165) is 19.3 Å². The molecule has 0 aliphatic carbocycles. The van der Waals surface area contributed by atoms with Crippen LogP contribution >= 0.6 is 0 Å². The number of unbranched alkanes of at least 4 members (excludes halogenated alkanes) is 12. The summed E-state index contributed by atoms with van der Waals surface area (Å²) in [6.45, 7) is 3.69. The van der Waals surface area contributed by atoms with Crippen molar-refractivity contribution in [1.82, 2.24) is 0 Å². The summed E-state index contributed by atoms with van der Waals surface area (Å²) in [4.78, 5) is 50.5. The number of rotatable bonds is 18. The first kappa shape index (κ1) is 31.0. The summed E-state index contributed by atoms with van der Waals surface area (Å²) in [7, 11) is 0. The summed E-state index contributed by atoms with van der Waals surface area (Å²) in [6, 6.07) is 0. The minimum atomic E-state index is -1.42. The maximum absolute atomic E-state index is 12.4. The highest BCUT2D eigenvalue weighted by Crippen LogP contribution is 2.26. The Morgan fingerprint density at radius 1 is 0.917 bits per heavy atom. The van der Waals surface area contributed by atoms with E-state index in [1.165, 1.54) is 64.7 Å². The summed E-state index contributed by atoms with van der Waals surface area (Å²) in [5.74, 6) is -5.47. The van der Waals surface area contributed by atoms with Crippen LogP contribution in [-0.4, -0.2) is 52.2 Å². The molecule has 1 rings (SSSR count). The molecule has 1 atom stereocenters. The van der Waals surface area contributed by atoms with Crippen molar-refractivity contribution >= 4 is 29.6 Å². The Kier molecular flexibility index (Phi) is 15.8. The predicted octanol–water partition coefficient (Wildman–Crippen LogP) is 4.90. The highest BCUT2D eigenvalue weighted by atomic mass is 16.6. The van der Waals surface area contributed by atoms with Crippen molar-refractivity contribution in [3.63, 3.8) is 0 Å². The van der Waals surface area contributed by atoms with Gasteiger partial charge in [-0.25, -0.2) is 9.59 Å². The van der Waals surface area contributed by atoms with E-state index in [9.17, 15) is 24.3 Å². The van der Waals surface area contributed by atoms with E-state index in [2.05, 4.69) is 21.2 Å². The van der Waals surface area contributed by atoms with E-state index >= 15 is 0 Å². The van der Waals surface area contributed by atoms with Crippen molar-refractivity contribution in [3.8, 4) is 0 Å². The number of hydrogen-bond donors (Lipinski definition) is 1. The van der Waals surface area contributed by atoms with Crippen LogP contribution in [0.4, 0.5) is 0 Å². The van der Waals surface area contributed by atoms with E-state index in [0.29, 0.717) is 6.42 Å². The number of cyclic esters (lactones) is 1. The summed E-state index contributed by atoms with van der Waals surface area (Å²) in [6.07, 6.45) is 13.1. The quantitative estimate of drug-likeness (QED) is 0.0401. The first-order chi connectivity index (χ1) is 17.3. The number of esters is 3. The van der Waals surface area contributed by atoms with Crippen molar-refractivity contribution in [1.29, 1.82) is 0 Å². The van der Waals surface area contributed by atoms with E-state index in [4.69, 9.17) is 10.3 Å². The summed E-state index contributed by atoms with van der Waals surface area (Å²) in [5.41, 5.74) is 8.32. The van der Waals surface area contributed by atoms with Crippen LogP contribution in [0.2, 0.25) is 0 Å². The summed E-state index contributed by atoms with van der Waals surface area (Å²) < 4.78 is 14.1. The molecule has 1 heterocycles. The fraction of sp³-hybridized carbons (Fsp3) is 0.731. The molecular weight excluding hydrogens is 468 g/mol. The monoisotopic (exact) mass is 508 g/mol. The third-order valence-electron chi connectivity index (χ3n) is 5.90. The fourth-order valence-electron chi connectivity index (χ4n) is 3.93. The second kappa shape index (κ2) is 18.3. The number of aliphatic hydroxyl groups excluding tert-OH is 1. The molecule has 0 bridgehead atoms. The third-order valence-corrected chi connectivity index (χ3v) is 5.90. The van der Waals surface area contributed by atoms with E-state index in [-0.39, 0.29) is 13.0 Å². The molecule has 0 amide bonds. The molecule has 36 heavy (non-hydrogen) atoms. The lowest BCUT2D eigenvalue weighted by atomic mass is 10.0. The van der Waals surface area contributed by atoms with Gasteiger partial charge in [0.15, 0.2) is 17.6 Å². The van der Waals surface area contributed by atoms with Crippen LogP contribution in [0.15, 0.2) is 11.3 Å². The lowest BCUT2D eigenvalue weighted by Crippen LogP contribution is -2.27. The Morgan fingerprint density at radius 3 is 1.94 bits per heavy atom. The molecule has 0 spiro atoms. The number of hydrogen-bond acceptors (Lipinski definition) is 8. The van der Waals surface area contributed by atoms with Crippen LogP contribution < -0.4 is 0 Å². The smallest absolute Gasteiger partial charge is 0.507 e. The highest BCUT2D eigenvalue weighted by molar-refractivity contribution is 6.31. The van der Waals surface area contributed by atoms with Gasteiger partial charge in [-0.1, -0.05) is 84.0 Å². The van der Waals surface area contributed by atoms with Gasteiger partial charge < -0.3 is 24.8 Å². The van der Waals surface area contributed by atoms with Gasteiger partial charge in [0.2, 0.25) is 0 Å². The van der Waals surface area contributed by atoms with Crippen molar-refractivity contribution in [2.45, 2.75) is 116 Å². The van der Waals surface area contributed by atoms with Gasteiger partial charge in [-0.3, -0.25) is 9.59 Å². The lowest BCUT2D eigenvalue weighted by molar-refractivity contribution is -0.155. The molecule has 0 saturated heterocycles. The van der Waals surface area contributed by atoms with Crippen LogP contribution in [0, 0.1) is 0 Å². The first-order valence-electron chi connectivity index (χ1n) is 13.1. The standard InChI is InChI=1S/C26H40N2O8/c1-3-5-6-7-8-9-10-11-12-13-14-15-16-17-19(29)22-23(31)20(35-25(22)32)18-21(30)36-24(28-27)26(33)34-4-2/h20,31H,3-18H2,1-2H3/t20-/m1/s1. The van der Waals surface area contributed by atoms with Gasteiger partial charge in [0, 0.05) is 6.42 Å². The second-order valence-corrected chi connectivity index (χ2v) is 8.87. The SMILES string of the molecule is CCCCCCCCCCCCCCCC(=O)C1=C(O)[C@@H](CC(=O)OC(=[N+]=[N-])C(=O)OCC)OC1=O. The average Bonchev–Trinajstić information content (AvgIpc) is 3.12. The number of Topliss-reactive ketones (excluding diaryl/α,β-unsaturated/α-hetero) is 1. The number of carbonyl (C=O) groups is 4. The third kappa shape index (κ3) is 11.6. The zero-order valence-corrected chi connectivity index (χ0v) is 21.6. The van der Waals surface area contributed by atoms with E-state index < -0.39 is 53.4 Å². The van der Waals surface area contributed by atoms with Crippen molar-refractivity contribution < 1.29 is 43.3 Å². The number of nitrogens with zero attached hydrogens (tertiary/aromatic N) is 2. The van der Waals surface area contributed by atoms with Gasteiger partial charge in [0.25, 0.3) is 0 Å². The van der Waals surface area contributed by atoms with Gasteiger partial charge in [0.05, 0.1) is 13.0 Å². The van der Waals surface area contributed by atoms with Gasteiger partial charge >= 0.3 is 23.8 Å². The molecule has 0 fully saturated rings. The molecule has 1 aliphatic heterocycles. The Labute approximate surface area is 213 Å². The molecule has 0 radical (unpaired) electrons. The Morgan fingerprint density at radius 2 is 1.44 bits per heavy atom. The molecule has 0 unspecified atom stereocenters. The Balaban J connectivity index is 2.31. The summed E-state index contributed by atoms with van der Waals surface area (Å²) in [5, 5.41) is 10.3. The van der Waals surface area contributed by atoms with Crippen LogP contribution in [0.1, 0.15) is 110 Å². The van der Waals surface area contributed by atoms with E-state index in [1.54, 1.807) is 0 Å². The number of ether oxygens (including phenoxy) is 3. The van der Waals surface area contributed by atoms with Gasteiger partial charge in [0.1, 0.15) is 5.57 Å². The maximum Gasteiger partial charge on any atom is 0.569 e. The Hall–Kier alpha value is -3.00. The molecule has 0 aromatic carbocycles. The van der Waals surface area contributed by atoms with Crippen LogP contribution in [0.5, 0.6) is 0 Å². The highest BCUT2D eigenvalue weighted by Gasteiger charge is 2.40. The average molecular weight is 509 g/mol. The molecule has 1 aliphatic rings. The van der Waals surface area contributed by atoms with Crippen molar-refractivity contribution in [3.05, 3.63) is 16.9 Å². The number of carbonyl (C=O) groups excluding carboxylic acids is 4. The Bertz CT molecular complexity index is 830. The molecule has 0 aromatic rings. The van der Waals surface area contributed by atoms with E-state index in [1.807, 2.05) is 0 Å². The lowest BCUT2D eigenvalue weighted by Gasteiger charge is -2.07. The fourth-order valence-corrected chi connectivity index (χ4v) is 3.93. The minimum Gasteiger partial charge on any atom is -0.507 e. The molecular formula is C26H40N2O8. The maximum atomic E-state index is 12.4. The molecule has 1 N–H and O–H groups in total. The predicted molar refractivity (Wildman–Crippen MR) is 131 cm³/mol. The van der Waals surface area contributed by atoms with Gasteiger partial charge in [-0.15, -0.1) is 4.79 Å². The first-order valence-corrected chi connectivity index (χ1v) is 13.1. The largest absolute Gasteiger partial charge is 0.569 e. The van der Waals surface area contributed by atoms with Crippen LogP contribution in [0.25, 0.3) is 5.53 Å². The van der Waals surface area contributed by atoms with Crippen LogP contribution in [-0.2, 0) is 33.4 Å². The van der Waals surface area contributed by atoms with Gasteiger partial charge in [-0.2, -0.15) is 0 Å². The molecule has 0 saturated carbocycles.